The largest absolute Gasteiger partial charge is 0.475 e. The Morgan fingerprint density at radius 3 is 2.76 bits per heavy atom. The van der Waals surface area contributed by atoms with Crippen molar-refractivity contribution in [3.8, 4) is 0 Å². The fourth-order valence-electron chi connectivity index (χ4n) is 1.34. The Kier molecular flexibility index (Phi) is 3.83. The average molecular weight is 272 g/mol. The molecule has 6 heteroatoms. The monoisotopic (exact) mass is 271 g/mol. The summed E-state index contributed by atoms with van der Waals surface area (Å²) in [4.78, 5) is 11.7. The highest BCUT2D eigenvalue weighted by Crippen LogP contribution is 2.21. The topological polar surface area (TPSA) is 62.5 Å². The van der Waals surface area contributed by atoms with Gasteiger partial charge in [-0.25, -0.2) is 4.79 Å². The number of thiophene rings is 1. The third-order valence-corrected chi connectivity index (χ3v) is 3.33. The van der Waals surface area contributed by atoms with Crippen LogP contribution >= 0.6 is 22.9 Å². The van der Waals surface area contributed by atoms with Crippen LogP contribution in [0.1, 0.15) is 21.2 Å². The molecule has 0 aromatic carbocycles. The number of halogens is 1. The van der Waals surface area contributed by atoms with Gasteiger partial charge in [0, 0.05) is 11.4 Å². The van der Waals surface area contributed by atoms with Gasteiger partial charge in [-0.05, 0) is 24.3 Å². The van der Waals surface area contributed by atoms with Gasteiger partial charge in [0.15, 0.2) is 0 Å². The summed E-state index contributed by atoms with van der Waals surface area (Å²) in [6.45, 7) is 1.17. The summed E-state index contributed by atoms with van der Waals surface area (Å²) in [6, 6.07) is 6.89. The molecular formula is C11H10ClNO3S. The van der Waals surface area contributed by atoms with E-state index in [1.807, 2.05) is 12.1 Å². The van der Waals surface area contributed by atoms with Crippen LogP contribution in [0, 0.1) is 0 Å². The predicted molar refractivity (Wildman–Crippen MR) is 65.5 cm³/mol. The number of furan rings is 1. The number of aromatic carboxylic acids is 1. The molecule has 2 aromatic rings. The highest BCUT2D eigenvalue weighted by Gasteiger charge is 2.08. The molecule has 0 saturated heterocycles. The second-order valence-electron chi connectivity index (χ2n) is 3.38. The van der Waals surface area contributed by atoms with E-state index in [0.717, 1.165) is 9.21 Å². The van der Waals surface area contributed by atoms with Crippen molar-refractivity contribution in [1.29, 1.82) is 0 Å². The molecule has 0 aliphatic heterocycles. The molecule has 2 rings (SSSR count). The zero-order valence-corrected chi connectivity index (χ0v) is 10.3. The molecule has 0 spiro atoms. The van der Waals surface area contributed by atoms with Crippen molar-refractivity contribution in [3.63, 3.8) is 0 Å². The summed E-state index contributed by atoms with van der Waals surface area (Å²) in [5, 5.41) is 11.8. The molecule has 0 aliphatic carbocycles. The van der Waals surface area contributed by atoms with Gasteiger partial charge in [0.25, 0.3) is 0 Å². The average Bonchev–Trinajstić information content (AvgIpc) is 2.88. The van der Waals surface area contributed by atoms with Gasteiger partial charge in [-0.1, -0.05) is 11.6 Å². The number of hydrogen-bond donors (Lipinski definition) is 2. The van der Waals surface area contributed by atoms with E-state index in [-0.39, 0.29) is 5.76 Å². The number of rotatable bonds is 5. The first kappa shape index (κ1) is 12.2. The maximum atomic E-state index is 10.6. The van der Waals surface area contributed by atoms with Crippen LogP contribution in [0.2, 0.25) is 4.34 Å². The molecule has 0 fully saturated rings. The lowest BCUT2D eigenvalue weighted by molar-refractivity contribution is 0.0660. The lowest BCUT2D eigenvalue weighted by atomic mass is 10.4. The maximum Gasteiger partial charge on any atom is 0.371 e. The van der Waals surface area contributed by atoms with Crippen molar-refractivity contribution in [1.82, 2.24) is 5.32 Å². The van der Waals surface area contributed by atoms with Crippen LogP contribution in [-0.2, 0) is 13.1 Å². The van der Waals surface area contributed by atoms with Crippen molar-refractivity contribution in [2.45, 2.75) is 13.1 Å². The third-order valence-electron chi connectivity index (χ3n) is 2.10. The zero-order chi connectivity index (χ0) is 12.3. The van der Waals surface area contributed by atoms with Gasteiger partial charge in [0.05, 0.1) is 10.9 Å². The standard InChI is InChI=1S/C11H10ClNO3S/c12-10-4-2-8(17-10)6-13-5-7-1-3-9(16-7)11(14)15/h1-4,13H,5-6H2,(H,14,15). The van der Waals surface area contributed by atoms with E-state index in [2.05, 4.69) is 5.32 Å². The van der Waals surface area contributed by atoms with Crippen LogP contribution in [0.25, 0.3) is 0 Å². The van der Waals surface area contributed by atoms with Gasteiger partial charge < -0.3 is 14.8 Å². The van der Waals surface area contributed by atoms with Gasteiger partial charge in [-0.15, -0.1) is 11.3 Å². The third kappa shape index (κ3) is 3.33. The van der Waals surface area contributed by atoms with Crippen LogP contribution in [0.4, 0.5) is 0 Å². The highest BCUT2D eigenvalue weighted by atomic mass is 35.5. The van der Waals surface area contributed by atoms with Gasteiger partial charge in [-0.3, -0.25) is 0 Å². The van der Waals surface area contributed by atoms with Crippen molar-refractivity contribution < 1.29 is 14.3 Å². The SMILES string of the molecule is O=C(O)c1ccc(CNCc2ccc(Cl)s2)o1. The first-order valence-electron chi connectivity index (χ1n) is 4.92. The molecule has 0 amide bonds. The van der Waals surface area contributed by atoms with E-state index in [1.165, 1.54) is 17.4 Å². The zero-order valence-electron chi connectivity index (χ0n) is 8.77. The number of carboxylic acids is 1. The summed E-state index contributed by atoms with van der Waals surface area (Å²) in [5.74, 6) is -0.493. The summed E-state index contributed by atoms with van der Waals surface area (Å²) < 4.78 is 5.86. The van der Waals surface area contributed by atoms with E-state index >= 15 is 0 Å². The number of nitrogens with one attached hydrogen (secondary N) is 1. The fraction of sp³-hybridized carbons (Fsp3) is 0.182. The molecule has 0 unspecified atom stereocenters. The molecule has 0 radical (unpaired) electrons. The smallest absolute Gasteiger partial charge is 0.371 e. The molecule has 0 bridgehead atoms. The van der Waals surface area contributed by atoms with Gasteiger partial charge in [0.2, 0.25) is 5.76 Å². The Labute approximate surface area is 107 Å². The first-order valence-corrected chi connectivity index (χ1v) is 6.11. The fourth-order valence-corrected chi connectivity index (χ4v) is 2.40. The van der Waals surface area contributed by atoms with Crippen LogP contribution in [-0.4, -0.2) is 11.1 Å². The number of carbonyl (C=O) groups is 1. The minimum absolute atomic E-state index is 0.0408. The second-order valence-corrected chi connectivity index (χ2v) is 5.18. The molecular weight excluding hydrogens is 262 g/mol. The van der Waals surface area contributed by atoms with Crippen molar-refractivity contribution in [2.75, 3.05) is 0 Å². The summed E-state index contributed by atoms with van der Waals surface area (Å²) in [6.07, 6.45) is 0. The Bertz CT molecular complexity index is 520. The van der Waals surface area contributed by atoms with E-state index in [1.54, 1.807) is 6.07 Å². The maximum absolute atomic E-state index is 10.6. The van der Waals surface area contributed by atoms with E-state index in [9.17, 15) is 4.79 Å². The van der Waals surface area contributed by atoms with E-state index in [0.29, 0.717) is 18.8 Å². The molecule has 0 saturated carbocycles. The number of hydrogen-bond acceptors (Lipinski definition) is 4. The lowest BCUT2D eigenvalue weighted by Gasteiger charge is -1.99. The molecule has 0 atom stereocenters. The van der Waals surface area contributed by atoms with Crippen LogP contribution in [0.15, 0.2) is 28.7 Å². The Hall–Kier alpha value is -1.30. The van der Waals surface area contributed by atoms with E-state index < -0.39 is 5.97 Å². The molecule has 90 valence electrons. The predicted octanol–water partition coefficient (Wildman–Crippen LogP) is 2.98. The van der Waals surface area contributed by atoms with Gasteiger partial charge >= 0.3 is 5.97 Å². The van der Waals surface area contributed by atoms with Gasteiger partial charge in [-0.2, -0.15) is 0 Å². The first-order chi connectivity index (χ1) is 8.15. The normalized spacial score (nSPS) is 10.6. The molecule has 17 heavy (non-hydrogen) atoms. The summed E-state index contributed by atoms with van der Waals surface area (Å²) in [5.41, 5.74) is 0. The van der Waals surface area contributed by atoms with Crippen LogP contribution in [0.3, 0.4) is 0 Å². The quantitative estimate of drug-likeness (QED) is 0.878. The Morgan fingerprint density at radius 2 is 2.18 bits per heavy atom. The number of carboxylic acid groups (broad SMARTS) is 1. The highest BCUT2D eigenvalue weighted by molar-refractivity contribution is 7.16. The van der Waals surface area contributed by atoms with Crippen LogP contribution in [0.5, 0.6) is 0 Å². The van der Waals surface area contributed by atoms with Gasteiger partial charge in [0.1, 0.15) is 5.76 Å². The van der Waals surface area contributed by atoms with Crippen molar-refractivity contribution in [2.24, 2.45) is 0 Å². The summed E-state index contributed by atoms with van der Waals surface area (Å²) in [7, 11) is 0. The molecule has 2 N–H and O–H groups in total. The molecule has 4 nitrogen and oxygen atoms in total. The summed E-state index contributed by atoms with van der Waals surface area (Å²) >= 11 is 7.31. The minimum Gasteiger partial charge on any atom is -0.475 e. The minimum atomic E-state index is -1.05. The molecule has 2 aromatic heterocycles. The Morgan fingerprint density at radius 1 is 1.35 bits per heavy atom. The van der Waals surface area contributed by atoms with E-state index in [4.69, 9.17) is 21.1 Å². The Balaban J connectivity index is 1.83. The van der Waals surface area contributed by atoms with Crippen molar-refractivity contribution >= 4 is 28.9 Å². The van der Waals surface area contributed by atoms with Crippen LogP contribution < -0.4 is 5.32 Å². The molecule has 2 heterocycles. The van der Waals surface area contributed by atoms with Crippen molar-refractivity contribution in [3.05, 3.63) is 45.0 Å². The lowest BCUT2D eigenvalue weighted by Crippen LogP contribution is -2.11. The second kappa shape index (κ2) is 5.35. The molecule has 0 aliphatic rings.